The fraction of sp³-hybridized carbons (Fsp3) is 0.333. The number of hydrogen-bond donors (Lipinski definition) is 1. The second kappa shape index (κ2) is 8.00. The van der Waals surface area contributed by atoms with E-state index in [9.17, 15) is 16.8 Å². The van der Waals surface area contributed by atoms with Gasteiger partial charge in [0.15, 0.2) is 0 Å². The molecule has 0 bridgehead atoms. The first-order valence-electron chi connectivity index (χ1n) is 8.59. The number of ether oxygens (including phenoxy) is 1. The first-order chi connectivity index (χ1) is 13.1. The predicted molar refractivity (Wildman–Crippen MR) is 108 cm³/mol. The molecule has 0 aliphatic carbocycles. The van der Waals surface area contributed by atoms with Crippen LogP contribution in [0, 0.1) is 13.8 Å². The van der Waals surface area contributed by atoms with E-state index in [4.69, 9.17) is 16.3 Å². The highest BCUT2D eigenvalue weighted by atomic mass is 35.5. The molecule has 3 rings (SSSR count). The van der Waals surface area contributed by atoms with Crippen LogP contribution in [-0.4, -0.2) is 47.4 Å². The van der Waals surface area contributed by atoms with Gasteiger partial charge in [0, 0.05) is 23.8 Å². The Kier molecular flexibility index (Phi) is 6.02. The summed E-state index contributed by atoms with van der Waals surface area (Å²) < 4.78 is 59.7. The Bertz CT molecular complexity index is 1080. The minimum absolute atomic E-state index is 0.107. The average Bonchev–Trinajstić information content (AvgIpc) is 2.65. The lowest BCUT2D eigenvalue weighted by Gasteiger charge is -2.26. The standard InChI is InChI=1S/C18H21ClN2O5S2/c1-13-12-18(14(2)11-17(13)19)27(22,23)20-15-3-5-16(6-4-15)28(24,25)21-7-9-26-10-8-21/h3-6,11-12,20H,7-10H2,1-2H3. The average molecular weight is 445 g/mol. The van der Waals surface area contributed by atoms with Crippen LogP contribution in [0.1, 0.15) is 11.1 Å². The smallest absolute Gasteiger partial charge is 0.262 e. The SMILES string of the molecule is Cc1cc(S(=O)(=O)Nc2ccc(S(=O)(=O)N3CCOCC3)cc2)c(C)cc1Cl. The van der Waals surface area contributed by atoms with Crippen molar-refractivity contribution in [1.29, 1.82) is 0 Å². The lowest BCUT2D eigenvalue weighted by molar-refractivity contribution is 0.0730. The highest BCUT2D eigenvalue weighted by Crippen LogP contribution is 2.26. The van der Waals surface area contributed by atoms with Crippen molar-refractivity contribution in [1.82, 2.24) is 4.31 Å². The predicted octanol–water partition coefficient (Wildman–Crippen LogP) is 2.78. The van der Waals surface area contributed by atoms with Crippen LogP contribution in [-0.2, 0) is 24.8 Å². The van der Waals surface area contributed by atoms with Crippen molar-refractivity contribution in [2.24, 2.45) is 0 Å². The molecule has 0 unspecified atom stereocenters. The van der Waals surface area contributed by atoms with Crippen LogP contribution in [0.2, 0.25) is 5.02 Å². The maximum atomic E-state index is 12.7. The van der Waals surface area contributed by atoms with Crippen molar-refractivity contribution in [3.63, 3.8) is 0 Å². The first kappa shape index (κ1) is 21.1. The Hall–Kier alpha value is -1.65. The van der Waals surface area contributed by atoms with Gasteiger partial charge in [-0.2, -0.15) is 4.31 Å². The lowest BCUT2D eigenvalue weighted by atomic mass is 10.2. The fourth-order valence-corrected chi connectivity index (χ4v) is 5.88. The van der Waals surface area contributed by atoms with Crippen LogP contribution in [0.25, 0.3) is 0 Å². The van der Waals surface area contributed by atoms with Gasteiger partial charge in [0.25, 0.3) is 10.0 Å². The monoisotopic (exact) mass is 444 g/mol. The zero-order valence-corrected chi connectivity index (χ0v) is 17.9. The van der Waals surface area contributed by atoms with Gasteiger partial charge in [-0.3, -0.25) is 4.72 Å². The van der Waals surface area contributed by atoms with Crippen molar-refractivity contribution in [2.45, 2.75) is 23.6 Å². The third-order valence-corrected chi connectivity index (χ3v) is 8.30. The molecule has 0 amide bonds. The van der Waals surface area contributed by atoms with Crippen molar-refractivity contribution < 1.29 is 21.6 Å². The van der Waals surface area contributed by atoms with Gasteiger partial charge in [-0.1, -0.05) is 11.6 Å². The zero-order chi connectivity index (χ0) is 20.5. The quantitative estimate of drug-likeness (QED) is 0.765. The third-order valence-electron chi connectivity index (χ3n) is 4.46. The Morgan fingerprint density at radius 2 is 1.57 bits per heavy atom. The van der Waals surface area contributed by atoms with Crippen molar-refractivity contribution in [3.05, 3.63) is 52.5 Å². The van der Waals surface area contributed by atoms with E-state index in [1.807, 2.05) is 0 Å². The molecule has 0 aromatic heterocycles. The highest BCUT2D eigenvalue weighted by molar-refractivity contribution is 7.92. The number of rotatable bonds is 5. The van der Waals surface area contributed by atoms with Gasteiger partial charge in [-0.05, 0) is 61.4 Å². The van der Waals surface area contributed by atoms with Gasteiger partial charge in [-0.15, -0.1) is 0 Å². The first-order valence-corrected chi connectivity index (χ1v) is 11.9. The van der Waals surface area contributed by atoms with E-state index in [1.165, 1.54) is 34.6 Å². The molecule has 1 fully saturated rings. The van der Waals surface area contributed by atoms with Gasteiger partial charge < -0.3 is 4.74 Å². The van der Waals surface area contributed by atoms with E-state index in [2.05, 4.69) is 4.72 Å². The molecule has 2 aromatic carbocycles. The summed E-state index contributed by atoms with van der Waals surface area (Å²) in [7, 11) is -7.47. The lowest BCUT2D eigenvalue weighted by Crippen LogP contribution is -2.40. The van der Waals surface area contributed by atoms with Crippen LogP contribution < -0.4 is 4.72 Å². The molecule has 0 atom stereocenters. The molecule has 0 radical (unpaired) electrons. The molecule has 1 heterocycles. The van der Waals surface area contributed by atoms with E-state index in [0.717, 1.165) is 0 Å². The van der Waals surface area contributed by atoms with Crippen molar-refractivity contribution >= 4 is 37.3 Å². The van der Waals surface area contributed by atoms with E-state index < -0.39 is 20.0 Å². The number of sulfonamides is 2. The van der Waals surface area contributed by atoms with Crippen molar-refractivity contribution in [2.75, 3.05) is 31.0 Å². The van der Waals surface area contributed by atoms with E-state index >= 15 is 0 Å². The Labute approximate surface area is 170 Å². The Balaban J connectivity index is 1.83. The van der Waals surface area contributed by atoms with E-state index in [-0.39, 0.29) is 15.5 Å². The summed E-state index contributed by atoms with van der Waals surface area (Å²) in [5, 5.41) is 0.495. The molecule has 2 aromatic rings. The molecule has 152 valence electrons. The number of nitrogens with zero attached hydrogens (tertiary/aromatic N) is 1. The second-order valence-electron chi connectivity index (χ2n) is 6.51. The van der Waals surface area contributed by atoms with Crippen LogP contribution in [0.3, 0.4) is 0 Å². The molecular formula is C18H21ClN2O5S2. The van der Waals surface area contributed by atoms with Crippen molar-refractivity contribution in [3.8, 4) is 0 Å². The molecule has 7 nitrogen and oxygen atoms in total. The topological polar surface area (TPSA) is 92.8 Å². The summed E-state index contributed by atoms with van der Waals surface area (Å²) in [6.07, 6.45) is 0. The maximum absolute atomic E-state index is 12.7. The van der Waals surface area contributed by atoms with Gasteiger partial charge in [0.1, 0.15) is 0 Å². The van der Waals surface area contributed by atoms with E-state index in [0.29, 0.717) is 42.5 Å². The highest BCUT2D eigenvalue weighted by Gasteiger charge is 2.26. The van der Waals surface area contributed by atoms with Gasteiger partial charge >= 0.3 is 0 Å². The van der Waals surface area contributed by atoms with Crippen LogP contribution >= 0.6 is 11.6 Å². The molecular weight excluding hydrogens is 424 g/mol. The fourth-order valence-electron chi connectivity index (χ4n) is 2.89. The number of hydrogen-bond acceptors (Lipinski definition) is 5. The largest absolute Gasteiger partial charge is 0.379 e. The number of morpholine rings is 1. The molecule has 28 heavy (non-hydrogen) atoms. The molecule has 0 saturated carbocycles. The summed E-state index contributed by atoms with van der Waals surface area (Å²) in [5.41, 5.74) is 1.45. The van der Waals surface area contributed by atoms with Crippen LogP contribution in [0.4, 0.5) is 5.69 Å². The van der Waals surface area contributed by atoms with Gasteiger partial charge in [-0.25, -0.2) is 16.8 Å². The molecule has 0 spiro atoms. The summed E-state index contributed by atoms with van der Waals surface area (Å²) in [5.74, 6) is 0. The summed E-state index contributed by atoms with van der Waals surface area (Å²) in [4.78, 5) is 0.232. The van der Waals surface area contributed by atoms with Crippen LogP contribution in [0.15, 0.2) is 46.2 Å². The zero-order valence-electron chi connectivity index (χ0n) is 15.5. The normalized spacial score (nSPS) is 16.1. The van der Waals surface area contributed by atoms with Gasteiger partial charge in [0.2, 0.25) is 10.0 Å². The number of nitrogens with one attached hydrogen (secondary N) is 1. The Morgan fingerprint density at radius 1 is 0.964 bits per heavy atom. The maximum Gasteiger partial charge on any atom is 0.262 e. The number of benzene rings is 2. The molecule has 1 aliphatic heterocycles. The molecule has 10 heteroatoms. The summed E-state index contributed by atoms with van der Waals surface area (Å²) in [6.45, 7) is 4.70. The Morgan fingerprint density at radius 3 is 2.18 bits per heavy atom. The number of anilines is 1. The molecule has 1 aliphatic rings. The summed E-state index contributed by atoms with van der Waals surface area (Å²) in [6, 6.07) is 8.76. The minimum atomic E-state index is -3.84. The minimum Gasteiger partial charge on any atom is -0.379 e. The van der Waals surface area contributed by atoms with E-state index in [1.54, 1.807) is 19.9 Å². The third kappa shape index (κ3) is 4.33. The molecule has 1 saturated heterocycles. The molecule has 1 N–H and O–H groups in total. The van der Waals surface area contributed by atoms with Crippen LogP contribution in [0.5, 0.6) is 0 Å². The van der Waals surface area contributed by atoms with Gasteiger partial charge in [0.05, 0.1) is 23.0 Å². The summed E-state index contributed by atoms with van der Waals surface area (Å²) >= 11 is 6.04. The number of aryl methyl sites for hydroxylation is 2. The second-order valence-corrected chi connectivity index (χ2v) is 10.5. The number of halogens is 1.